The second-order valence-electron chi connectivity index (χ2n) is 8.44. The quantitative estimate of drug-likeness (QED) is 0.667. The van der Waals surface area contributed by atoms with E-state index in [1.807, 2.05) is 14.1 Å². The predicted octanol–water partition coefficient (Wildman–Crippen LogP) is 2.18. The van der Waals surface area contributed by atoms with Gasteiger partial charge in [0.2, 0.25) is 6.23 Å². The molecule has 0 aromatic heterocycles. The molecule has 30 heavy (non-hydrogen) atoms. The van der Waals surface area contributed by atoms with Gasteiger partial charge in [0.15, 0.2) is 9.84 Å². The van der Waals surface area contributed by atoms with Crippen molar-refractivity contribution in [3.05, 3.63) is 28.3 Å². The van der Waals surface area contributed by atoms with Crippen molar-refractivity contribution >= 4 is 27.4 Å². The summed E-state index contributed by atoms with van der Waals surface area (Å²) in [4.78, 5) is 19.5. The maximum absolute atomic E-state index is 13.2. The second-order valence-corrected chi connectivity index (χ2v) is 10.9. The molecular weight excluding hydrogens is 430 g/mol. The Labute approximate surface area is 183 Å². The highest BCUT2D eigenvalue weighted by Crippen LogP contribution is 2.31. The lowest BCUT2D eigenvalue weighted by Gasteiger charge is -2.37. The number of hydrogen-bond donors (Lipinski definition) is 2. The highest BCUT2D eigenvalue weighted by molar-refractivity contribution is 7.91. The van der Waals surface area contributed by atoms with Gasteiger partial charge in [-0.05, 0) is 76.9 Å². The van der Waals surface area contributed by atoms with E-state index in [-0.39, 0.29) is 16.7 Å². The van der Waals surface area contributed by atoms with Crippen LogP contribution in [0.25, 0.3) is 0 Å². The summed E-state index contributed by atoms with van der Waals surface area (Å²) in [5, 5.41) is 14.3. The molecule has 1 aromatic rings. The molecule has 1 aliphatic carbocycles. The van der Waals surface area contributed by atoms with Crippen molar-refractivity contribution in [3.63, 3.8) is 0 Å². The van der Waals surface area contributed by atoms with Crippen molar-refractivity contribution in [2.24, 2.45) is 0 Å². The summed E-state index contributed by atoms with van der Waals surface area (Å²) in [5.74, 6) is -1.45. The van der Waals surface area contributed by atoms with Crippen LogP contribution >= 0.6 is 11.6 Å². The maximum atomic E-state index is 13.2. The van der Waals surface area contributed by atoms with E-state index in [0.29, 0.717) is 22.2 Å². The van der Waals surface area contributed by atoms with Crippen molar-refractivity contribution in [1.29, 1.82) is 0 Å². The van der Waals surface area contributed by atoms with E-state index >= 15 is 0 Å². The lowest BCUT2D eigenvalue weighted by atomic mass is 9.90. The average Bonchev–Trinajstić information content (AvgIpc) is 3.08. The van der Waals surface area contributed by atoms with Crippen LogP contribution in [0.4, 0.5) is 0 Å². The van der Waals surface area contributed by atoms with Crippen molar-refractivity contribution in [2.45, 2.75) is 68.9 Å². The summed E-state index contributed by atoms with van der Waals surface area (Å²) in [6.07, 6.45) is 1.52. The molecule has 1 aromatic carbocycles. The summed E-state index contributed by atoms with van der Waals surface area (Å²) in [6, 6.07) is 3.65. The molecule has 1 saturated heterocycles. The van der Waals surface area contributed by atoms with Gasteiger partial charge in [-0.15, -0.1) is 0 Å². The van der Waals surface area contributed by atoms with Crippen LogP contribution in [-0.2, 0) is 19.5 Å². The van der Waals surface area contributed by atoms with E-state index in [9.17, 15) is 18.3 Å². The number of halogens is 1. The third kappa shape index (κ3) is 4.98. The van der Waals surface area contributed by atoms with Gasteiger partial charge in [-0.25, -0.2) is 13.2 Å². The Balaban J connectivity index is 1.81. The molecule has 0 spiro atoms. The Morgan fingerprint density at radius 3 is 2.43 bits per heavy atom. The van der Waals surface area contributed by atoms with Crippen molar-refractivity contribution in [2.75, 3.05) is 19.8 Å². The van der Waals surface area contributed by atoms with Gasteiger partial charge < -0.3 is 10.0 Å². The molecule has 8 nitrogen and oxygen atoms in total. The number of rotatable bonds is 6. The monoisotopic (exact) mass is 459 g/mol. The number of sulfone groups is 1. The third-order valence-corrected chi connectivity index (χ3v) is 8.30. The summed E-state index contributed by atoms with van der Waals surface area (Å²) < 4.78 is 26.4. The van der Waals surface area contributed by atoms with Crippen molar-refractivity contribution in [3.8, 4) is 0 Å². The standard InChI is InChI=1S/C20H30ClN3O5S/c1-12-10-17(13(2)9-16(12)21)30(27,28)11-18-22-19(20(25)26)29-24(18)15-7-5-14(6-8-15)23(3)4/h9-10,14-15,18-19,22H,5-8,11H2,1-4H3,(H,25,26). The van der Waals surface area contributed by atoms with Gasteiger partial charge >= 0.3 is 5.97 Å². The smallest absolute Gasteiger partial charge is 0.350 e. The first-order valence-electron chi connectivity index (χ1n) is 10.1. The number of aryl methyl sites for hydroxylation is 2. The fourth-order valence-corrected chi connectivity index (χ4v) is 6.23. The minimum atomic E-state index is -3.70. The number of carboxylic acid groups (broad SMARTS) is 1. The topological polar surface area (TPSA) is 99.2 Å². The van der Waals surface area contributed by atoms with Crippen molar-refractivity contribution < 1.29 is 23.2 Å². The molecule has 168 valence electrons. The molecule has 2 unspecified atom stereocenters. The molecule has 0 amide bonds. The van der Waals surface area contributed by atoms with Gasteiger partial charge in [-0.3, -0.25) is 10.2 Å². The minimum Gasteiger partial charge on any atom is -0.478 e. The minimum absolute atomic E-state index is 0.0358. The Morgan fingerprint density at radius 2 is 1.87 bits per heavy atom. The zero-order chi connectivity index (χ0) is 22.2. The molecule has 1 heterocycles. The first kappa shape index (κ1) is 23.4. The molecule has 0 bridgehead atoms. The summed E-state index contributed by atoms with van der Waals surface area (Å²) in [5.41, 5.74) is 1.25. The Kier molecular flexibility index (Phi) is 7.11. The molecule has 1 saturated carbocycles. The molecule has 2 N–H and O–H groups in total. The van der Waals surface area contributed by atoms with Crippen LogP contribution in [0.3, 0.4) is 0 Å². The van der Waals surface area contributed by atoms with Gasteiger partial charge in [0.25, 0.3) is 0 Å². The number of nitrogens with one attached hydrogen (secondary N) is 1. The zero-order valence-corrected chi connectivity index (χ0v) is 19.3. The molecule has 2 atom stereocenters. The number of hydroxylamine groups is 2. The van der Waals surface area contributed by atoms with E-state index in [1.165, 1.54) is 0 Å². The SMILES string of the molecule is Cc1cc(S(=O)(=O)CC2NC(C(=O)O)ON2C2CCC(N(C)C)CC2)c(C)cc1Cl. The number of nitrogens with zero attached hydrogens (tertiary/aromatic N) is 2. The van der Waals surface area contributed by atoms with Crippen LogP contribution in [-0.4, -0.2) is 73.8 Å². The predicted molar refractivity (Wildman–Crippen MR) is 114 cm³/mol. The van der Waals surface area contributed by atoms with E-state index < -0.39 is 28.2 Å². The molecule has 0 radical (unpaired) electrons. The largest absolute Gasteiger partial charge is 0.478 e. The fraction of sp³-hybridized carbons (Fsp3) is 0.650. The number of carboxylic acids is 1. The third-order valence-electron chi connectivity index (χ3n) is 6.03. The number of carbonyl (C=O) groups is 1. The molecule has 2 fully saturated rings. The summed E-state index contributed by atoms with van der Waals surface area (Å²) in [6.45, 7) is 3.46. The van der Waals surface area contributed by atoms with Crippen LogP contribution in [0, 0.1) is 13.8 Å². The molecular formula is C20H30ClN3O5S. The van der Waals surface area contributed by atoms with Crippen LogP contribution < -0.4 is 5.32 Å². The second kappa shape index (κ2) is 9.10. The van der Waals surface area contributed by atoms with E-state index in [0.717, 1.165) is 25.7 Å². The summed E-state index contributed by atoms with van der Waals surface area (Å²) >= 11 is 6.11. The van der Waals surface area contributed by atoms with E-state index in [1.54, 1.807) is 31.0 Å². The summed E-state index contributed by atoms with van der Waals surface area (Å²) in [7, 11) is 0.391. The lowest BCUT2D eigenvalue weighted by Crippen LogP contribution is -2.49. The highest BCUT2D eigenvalue weighted by Gasteiger charge is 2.44. The van der Waals surface area contributed by atoms with Crippen molar-refractivity contribution in [1.82, 2.24) is 15.3 Å². The van der Waals surface area contributed by atoms with E-state index in [2.05, 4.69) is 10.2 Å². The van der Waals surface area contributed by atoms with Gasteiger partial charge in [0, 0.05) is 17.1 Å². The van der Waals surface area contributed by atoms with Crippen LogP contribution in [0.5, 0.6) is 0 Å². The number of benzene rings is 1. The van der Waals surface area contributed by atoms with Crippen LogP contribution in [0.15, 0.2) is 17.0 Å². The Bertz CT molecular complexity index is 900. The molecule has 3 rings (SSSR count). The van der Waals surface area contributed by atoms with E-state index in [4.69, 9.17) is 16.4 Å². The number of aliphatic carboxylic acids is 1. The van der Waals surface area contributed by atoms with Gasteiger partial charge in [0.1, 0.15) is 6.17 Å². The first-order chi connectivity index (χ1) is 14.0. The lowest BCUT2D eigenvalue weighted by molar-refractivity contribution is -0.204. The molecule has 10 heteroatoms. The normalized spacial score (nSPS) is 28.2. The maximum Gasteiger partial charge on any atom is 0.350 e. The van der Waals surface area contributed by atoms with Gasteiger partial charge in [-0.1, -0.05) is 11.6 Å². The van der Waals surface area contributed by atoms with Crippen LogP contribution in [0.1, 0.15) is 36.8 Å². The molecule has 2 aliphatic rings. The zero-order valence-electron chi connectivity index (χ0n) is 17.8. The first-order valence-corrected chi connectivity index (χ1v) is 12.1. The fourth-order valence-electron chi connectivity index (χ4n) is 4.27. The highest BCUT2D eigenvalue weighted by atomic mass is 35.5. The van der Waals surface area contributed by atoms with Crippen LogP contribution in [0.2, 0.25) is 5.02 Å². The van der Waals surface area contributed by atoms with Gasteiger partial charge in [0.05, 0.1) is 10.6 Å². The molecule has 1 aliphatic heterocycles. The van der Waals surface area contributed by atoms with Gasteiger partial charge in [-0.2, -0.15) is 5.06 Å². The number of hydrogen-bond acceptors (Lipinski definition) is 7. The Hall–Kier alpha value is -1.23. The Morgan fingerprint density at radius 1 is 1.23 bits per heavy atom. The average molecular weight is 460 g/mol.